The summed E-state index contributed by atoms with van der Waals surface area (Å²) in [6, 6.07) is 1.97. The summed E-state index contributed by atoms with van der Waals surface area (Å²) in [4.78, 5) is 1.51. The van der Waals surface area contributed by atoms with E-state index in [-0.39, 0.29) is 0 Å². The summed E-state index contributed by atoms with van der Waals surface area (Å²) in [7, 11) is 0. The monoisotopic (exact) mass is 192 g/mol. The van der Waals surface area contributed by atoms with Crippen LogP contribution in [0.1, 0.15) is 0 Å². The molecule has 2 rings (SSSR count). The van der Waals surface area contributed by atoms with Crippen LogP contribution in [0.3, 0.4) is 0 Å². The first-order chi connectivity index (χ1) is 6.40. The topological polar surface area (TPSA) is 43.6 Å². The molecule has 0 aliphatic carbocycles. The van der Waals surface area contributed by atoms with Gasteiger partial charge in [0.05, 0.1) is 6.54 Å². The summed E-state index contributed by atoms with van der Waals surface area (Å²) in [5.74, 6) is 0.670. The molecule has 2 aromatic rings. The molecule has 0 saturated carbocycles. The second-order valence-electron chi connectivity index (χ2n) is 2.47. The summed E-state index contributed by atoms with van der Waals surface area (Å²) < 4.78 is 0. The van der Waals surface area contributed by atoms with Crippen LogP contribution in [-0.4, -0.2) is 20.2 Å². The van der Waals surface area contributed by atoms with Crippen molar-refractivity contribution in [2.75, 3.05) is 0 Å². The molecule has 0 aliphatic heterocycles. The van der Waals surface area contributed by atoms with Gasteiger partial charge in [-0.25, -0.2) is 0 Å². The number of tetrazole rings is 1. The Bertz CT molecular complexity index is 390. The predicted molar refractivity (Wildman–Crippen MR) is 51.3 cm³/mol. The third-order valence-electron chi connectivity index (χ3n) is 1.52. The van der Waals surface area contributed by atoms with Gasteiger partial charge in [0.15, 0.2) is 0 Å². The number of rotatable bonds is 3. The van der Waals surface area contributed by atoms with Crippen molar-refractivity contribution in [3.63, 3.8) is 0 Å². The van der Waals surface area contributed by atoms with Crippen molar-refractivity contribution in [3.8, 4) is 11.4 Å². The molecule has 2 aromatic heterocycles. The minimum absolute atomic E-state index is 0.594. The van der Waals surface area contributed by atoms with Gasteiger partial charge in [-0.1, -0.05) is 6.08 Å². The van der Waals surface area contributed by atoms with Crippen LogP contribution < -0.4 is 0 Å². The normalized spacial score (nSPS) is 10.2. The molecule has 0 unspecified atom stereocenters. The molecule has 66 valence electrons. The summed E-state index contributed by atoms with van der Waals surface area (Å²) in [5.41, 5.74) is 1.01. The SMILES string of the molecule is C=CCn1nnc(-c2ccsc2)n1. The average Bonchev–Trinajstić information content (AvgIpc) is 2.70. The van der Waals surface area contributed by atoms with E-state index in [0.29, 0.717) is 12.4 Å². The first-order valence-corrected chi connectivity index (χ1v) is 4.75. The lowest BCUT2D eigenvalue weighted by molar-refractivity contribution is 0.583. The molecule has 5 heteroatoms. The molecule has 0 atom stereocenters. The van der Waals surface area contributed by atoms with Crippen LogP contribution in [0.25, 0.3) is 11.4 Å². The van der Waals surface area contributed by atoms with Crippen molar-refractivity contribution in [3.05, 3.63) is 29.5 Å². The number of allylic oxidation sites excluding steroid dienone is 1. The zero-order chi connectivity index (χ0) is 9.10. The first-order valence-electron chi connectivity index (χ1n) is 3.81. The van der Waals surface area contributed by atoms with Crippen molar-refractivity contribution in [2.45, 2.75) is 6.54 Å². The summed E-state index contributed by atoms with van der Waals surface area (Å²) >= 11 is 1.62. The second kappa shape index (κ2) is 3.49. The van der Waals surface area contributed by atoms with Gasteiger partial charge in [-0.15, -0.1) is 16.8 Å². The molecule has 0 aliphatic rings. The molecular formula is C8H8N4S. The fraction of sp³-hybridized carbons (Fsp3) is 0.125. The molecule has 0 fully saturated rings. The quantitative estimate of drug-likeness (QED) is 0.693. The Morgan fingerprint density at radius 1 is 1.62 bits per heavy atom. The summed E-state index contributed by atoms with van der Waals surface area (Å²) in [6.07, 6.45) is 1.74. The van der Waals surface area contributed by atoms with Crippen molar-refractivity contribution < 1.29 is 0 Å². The highest BCUT2D eigenvalue weighted by Crippen LogP contribution is 2.16. The third kappa shape index (κ3) is 1.65. The Morgan fingerprint density at radius 2 is 2.54 bits per heavy atom. The van der Waals surface area contributed by atoms with Gasteiger partial charge in [0.1, 0.15) is 0 Å². The molecule has 0 aromatic carbocycles. The zero-order valence-corrected chi connectivity index (χ0v) is 7.74. The Balaban J connectivity index is 2.28. The summed E-state index contributed by atoms with van der Waals surface area (Å²) in [6.45, 7) is 4.20. The van der Waals surface area contributed by atoms with Crippen LogP contribution in [0.15, 0.2) is 29.5 Å². The van der Waals surface area contributed by atoms with Gasteiger partial charge in [0.2, 0.25) is 5.82 Å². The van der Waals surface area contributed by atoms with Crippen LogP contribution in [0.2, 0.25) is 0 Å². The van der Waals surface area contributed by atoms with Gasteiger partial charge >= 0.3 is 0 Å². The number of thiophene rings is 1. The number of hydrogen-bond acceptors (Lipinski definition) is 4. The Morgan fingerprint density at radius 3 is 3.23 bits per heavy atom. The van der Waals surface area contributed by atoms with Gasteiger partial charge in [0, 0.05) is 10.9 Å². The molecule has 2 heterocycles. The van der Waals surface area contributed by atoms with E-state index in [1.54, 1.807) is 17.4 Å². The van der Waals surface area contributed by atoms with Crippen molar-refractivity contribution >= 4 is 11.3 Å². The minimum Gasteiger partial charge on any atom is -0.160 e. The maximum atomic E-state index is 4.17. The minimum atomic E-state index is 0.594. The lowest BCUT2D eigenvalue weighted by Gasteiger charge is -1.87. The van der Waals surface area contributed by atoms with Crippen LogP contribution in [0.4, 0.5) is 0 Å². The Hall–Kier alpha value is -1.49. The lowest BCUT2D eigenvalue weighted by atomic mass is 10.3. The Kier molecular flexibility index (Phi) is 2.18. The van der Waals surface area contributed by atoms with E-state index in [0.717, 1.165) is 5.56 Å². The van der Waals surface area contributed by atoms with Crippen LogP contribution in [-0.2, 0) is 6.54 Å². The van der Waals surface area contributed by atoms with Gasteiger partial charge in [0.25, 0.3) is 0 Å². The largest absolute Gasteiger partial charge is 0.205 e. The lowest BCUT2D eigenvalue weighted by Crippen LogP contribution is -1.99. The smallest absolute Gasteiger partial charge is 0.160 e. The van der Waals surface area contributed by atoms with Crippen molar-refractivity contribution in [2.24, 2.45) is 0 Å². The average molecular weight is 192 g/mol. The highest BCUT2D eigenvalue weighted by Gasteiger charge is 2.04. The van der Waals surface area contributed by atoms with Gasteiger partial charge in [-0.3, -0.25) is 0 Å². The molecular weight excluding hydrogens is 184 g/mol. The number of nitrogens with zero attached hydrogens (tertiary/aromatic N) is 4. The van der Waals surface area contributed by atoms with E-state index in [1.807, 2.05) is 16.8 Å². The van der Waals surface area contributed by atoms with E-state index in [4.69, 9.17) is 0 Å². The molecule has 0 radical (unpaired) electrons. The Labute approximate surface area is 79.5 Å². The molecule has 4 nitrogen and oxygen atoms in total. The molecule has 0 N–H and O–H groups in total. The van der Waals surface area contributed by atoms with Crippen LogP contribution in [0.5, 0.6) is 0 Å². The van der Waals surface area contributed by atoms with E-state index in [9.17, 15) is 0 Å². The van der Waals surface area contributed by atoms with Crippen LogP contribution in [0, 0.1) is 0 Å². The van der Waals surface area contributed by atoms with E-state index >= 15 is 0 Å². The number of hydrogen-bond donors (Lipinski definition) is 0. The predicted octanol–water partition coefficient (Wildman–Crippen LogP) is 1.59. The third-order valence-corrected chi connectivity index (χ3v) is 2.21. The molecule has 0 spiro atoms. The first kappa shape index (κ1) is 8.12. The molecule has 0 saturated heterocycles. The second-order valence-corrected chi connectivity index (χ2v) is 3.25. The van der Waals surface area contributed by atoms with Crippen LogP contribution >= 0.6 is 11.3 Å². The van der Waals surface area contributed by atoms with E-state index < -0.39 is 0 Å². The van der Waals surface area contributed by atoms with Gasteiger partial charge in [-0.2, -0.15) is 16.1 Å². The van der Waals surface area contributed by atoms with E-state index in [1.165, 1.54) is 4.80 Å². The summed E-state index contributed by atoms with van der Waals surface area (Å²) in [5, 5.41) is 15.9. The van der Waals surface area contributed by atoms with Crippen molar-refractivity contribution in [1.29, 1.82) is 0 Å². The zero-order valence-electron chi connectivity index (χ0n) is 6.92. The maximum Gasteiger partial charge on any atom is 0.205 e. The van der Waals surface area contributed by atoms with Gasteiger partial charge < -0.3 is 0 Å². The fourth-order valence-electron chi connectivity index (χ4n) is 0.943. The maximum absolute atomic E-state index is 4.17. The highest BCUT2D eigenvalue weighted by molar-refractivity contribution is 7.08. The fourth-order valence-corrected chi connectivity index (χ4v) is 1.58. The molecule has 0 bridgehead atoms. The molecule has 0 amide bonds. The molecule has 13 heavy (non-hydrogen) atoms. The van der Waals surface area contributed by atoms with Gasteiger partial charge in [-0.05, 0) is 16.7 Å². The number of aromatic nitrogens is 4. The highest BCUT2D eigenvalue weighted by atomic mass is 32.1. The van der Waals surface area contributed by atoms with E-state index in [2.05, 4.69) is 22.0 Å². The standard InChI is InChI=1S/C8H8N4S/c1-2-4-12-10-8(9-11-12)7-3-5-13-6-7/h2-3,5-6H,1,4H2. The van der Waals surface area contributed by atoms with Crippen molar-refractivity contribution in [1.82, 2.24) is 20.2 Å².